The van der Waals surface area contributed by atoms with Crippen molar-refractivity contribution < 1.29 is 19.1 Å². The Labute approximate surface area is 149 Å². The molecule has 0 saturated heterocycles. The molecular formula is C18H17ClN2O4. The second-order valence-corrected chi connectivity index (χ2v) is 5.75. The summed E-state index contributed by atoms with van der Waals surface area (Å²) < 4.78 is 4.90. The van der Waals surface area contributed by atoms with Crippen molar-refractivity contribution in [3.8, 4) is 5.75 Å². The molecule has 25 heavy (non-hydrogen) atoms. The van der Waals surface area contributed by atoms with Gasteiger partial charge in [0.25, 0.3) is 5.91 Å². The number of rotatable bonds is 6. The molecule has 0 heterocycles. The second-order valence-electron chi connectivity index (χ2n) is 5.34. The number of hydrogen-bond donors (Lipinski definition) is 2. The molecular weight excluding hydrogens is 344 g/mol. The first-order chi connectivity index (χ1) is 11.9. The number of nitrogens with one attached hydrogen (secondary N) is 1. The van der Waals surface area contributed by atoms with E-state index in [0.717, 1.165) is 0 Å². The highest BCUT2D eigenvalue weighted by Crippen LogP contribution is 2.17. The maximum Gasteiger partial charge on any atom is 0.308 e. The third-order valence-corrected chi connectivity index (χ3v) is 3.78. The summed E-state index contributed by atoms with van der Waals surface area (Å²) in [5.41, 5.74) is 6.40. The van der Waals surface area contributed by atoms with Gasteiger partial charge in [-0.3, -0.25) is 14.4 Å². The molecule has 0 saturated carbocycles. The van der Waals surface area contributed by atoms with Crippen LogP contribution in [0.25, 0.3) is 0 Å². The molecule has 3 N–H and O–H groups in total. The standard InChI is InChI=1S/C18H17ClN2O4/c1-11(22)25-14-8-6-12(7-9-14)18(24)21-16(17(20)23)10-13-4-2-3-5-15(13)19/h2-9,16H,10H2,1H3,(H2,20,23)(H,21,24)/t16-/m0/s1. The normalized spacial score (nSPS) is 11.4. The van der Waals surface area contributed by atoms with Crippen LogP contribution in [0.5, 0.6) is 5.75 Å². The highest BCUT2D eigenvalue weighted by molar-refractivity contribution is 6.31. The average Bonchev–Trinajstić information content (AvgIpc) is 2.56. The average molecular weight is 361 g/mol. The van der Waals surface area contributed by atoms with Crippen LogP contribution in [0.4, 0.5) is 0 Å². The van der Waals surface area contributed by atoms with E-state index in [2.05, 4.69) is 5.32 Å². The number of amides is 2. The van der Waals surface area contributed by atoms with Gasteiger partial charge in [-0.2, -0.15) is 0 Å². The first-order valence-corrected chi connectivity index (χ1v) is 7.86. The van der Waals surface area contributed by atoms with Gasteiger partial charge < -0.3 is 15.8 Å². The predicted molar refractivity (Wildman–Crippen MR) is 93.4 cm³/mol. The van der Waals surface area contributed by atoms with Crippen molar-refractivity contribution in [3.05, 3.63) is 64.7 Å². The molecule has 0 aliphatic carbocycles. The van der Waals surface area contributed by atoms with E-state index in [0.29, 0.717) is 21.9 Å². The lowest BCUT2D eigenvalue weighted by Crippen LogP contribution is -2.45. The molecule has 0 unspecified atom stereocenters. The number of ether oxygens (including phenoxy) is 1. The maximum atomic E-state index is 12.3. The summed E-state index contributed by atoms with van der Waals surface area (Å²) in [6.45, 7) is 1.28. The van der Waals surface area contributed by atoms with E-state index < -0.39 is 23.8 Å². The molecule has 6 nitrogen and oxygen atoms in total. The summed E-state index contributed by atoms with van der Waals surface area (Å²) in [6.07, 6.45) is 0.187. The molecule has 0 fully saturated rings. The number of nitrogens with two attached hydrogens (primary N) is 1. The molecule has 130 valence electrons. The number of hydrogen-bond acceptors (Lipinski definition) is 4. The van der Waals surface area contributed by atoms with Crippen LogP contribution in [0.2, 0.25) is 5.02 Å². The van der Waals surface area contributed by atoms with Gasteiger partial charge in [-0.05, 0) is 35.9 Å². The Morgan fingerprint density at radius 2 is 1.76 bits per heavy atom. The SMILES string of the molecule is CC(=O)Oc1ccc(C(=O)N[C@@H](Cc2ccccc2Cl)C(N)=O)cc1. The van der Waals surface area contributed by atoms with Crippen molar-refractivity contribution in [1.29, 1.82) is 0 Å². The number of primary amides is 1. The fourth-order valence-electron chi connectivity index (χ4n) is 2.19. The van der Waals surface area contributed by atoms with E-state index in [9.17, 15) is 14.4 Å². The van der Waals surface area contributed by atoms with Crippen molar-refractivity contribution in [2.75, 3.05) is 0 Å². The van der Waals surface area contributed by atoms with Crippen LogP contribution in [0.1, 0.15) is 22.8 Å². The monoisotopic (exact) mass is 360 g/mol. The molecule has 0 aliphatic heterocycles. The second kappa shape index (κ2) is 8.30. The van der Waals surface area contributed by atoms with Crippen LogP contribution in [0, 0.1) is 0 Å². The lowest BCUT2D eigenvalue weighted by Gasteiger charge is -2.16. The molecule has 2 aromatic carbocycles. The zero-order chi connectivity index (χ0) is 18.4. The summed E-state index contributed by atoms with van der Waals surface area (Å²) in [7, 11) is 0. The van der Waals surface area contributed by atoms with Crippen LogP contribution >= 0.6 is 11.6 Å². The van der Waals surface area contributed by atoms with Gasteiger partial charge in [0, 0.05) is 23.9 Å². The lowest BCUT2D eigenvalue weighted by atomic mass is 10.0. The molecule has 1 atom stereocenters. The van der Waals surface area contributed by atoms with E-state index in [1.165, 1.54) is 31.2 Å². The third kappa shape index (κ3) is 5.32. The topological polar surface area (TPSA) is 98.5 Å². The highest BCUT2D eigenvalue weighted by atomic mass is 35.5. The highest BCUT2D eigenvalue weighted by Gasteiger charge is 2.20. The van der Waals surface area contributed by atoms with Crippen LogP contribution in [-0.4, -0.2) is 23.8 Å². The van der Waals surface area contributed by atoms with Crippen LogP contribution in [0.15, 0.2) is 48.5 Å². The number of halogens is 1. The molecule has 0 bridgehead atoms. The summed E-state index contributed by atoms with van der Waals surface area (Å²) >= 11 is 6.08. The van der Waals surface area contributed by atoms with E-state index in [-0.39, 0.29) is 6.42 Å². The van der Waals surface area contributed by atoms with Gasteiger partial charge in [-0.15, -0.1) is 0 Å². The zero-order valence-corrected chi connectivity index (χ0v) is 14.2. The smallest absolute Gasteiger partial charge is 0.308 e. The van der Waals surface area contributed by atoms with Gasteiger partial charge >= 0.3 is 5.97 Å². The van der Waals surface area contributed by atoms with Crippen LogP contribution < -0.4 is 15.8 Å². The van der Waals surface area contributed by atoms with E-state index >= 15 is 0 Å². The molecule has 2 aromatic rings. The van der Waals surface area contributed by atoms with Crippen molar-refractivity contribution in [2.45, 2.75) is 19.4 Å². The minimum absolute atomic E-state index is 0.187. The Bertz CT molecular complexity index is 790. The number of benzene rings is 2. The van der Waals surface area contributed by atoms with Crippen molar-refractivity contribution in [3.63, 3.8) is 0 Å². The largest absolute Gasteiger partial charge is 0.427 e. The minimum atomic E-state index is -0.902. The van der Waals surface area contributed by atoms with E-state index in [1.54, 1.807) is 24.3 Å². The molecule has 2 rings (SSSR count). The predicted octanol–water partition coefficient (Wildman–Crippen LogP) is 2.09. The molecule has 0 radical (unpaired) electrons. The summed E-state index contributed by atoms with van der Waals surface area (Å²) in [4.78, 5) is 34.9. The minimum Gasteiger partial charge on any atom is -0.427 e. The Morgan fingerprint density at radius 1 is 1.12 bits per heavy atom. The molecule has 0 spiro atoms. The van der Waals surface area contributed by atoms with Gasteiger partial charge in [-0.1, -0.05) is 29.8 Å². The third-order valence-electron chi connectivity index (χ3n) is 3.41. The van der Waals surface area contributed by atoms with E-state index in [1.807, 2.05) is 0 Å². The van der Waals surface area contributed by atoms with Gasteiger partial charge in [0.15, 0.2) is 0 Å². The van der Waals surface area contributed by atoms with Gasteiger partial charge in [0.2, 0.25) is 5.91 Å². The Kier molecular flexibility index (Phi) is 6.14. The molecule has 2 amide bonds. The number of carbonyl (C=O) groups excluding carboxylic acids is 3. The quantitative estimate of drug-likeness (QED) is 0.608. The van der Waals surface area contributed by atoms with Crippen LogP contribution in [0.3, 0.4) is 0 Å². The lowest BCUT2D eigenvalue weighted by molar-refractivity contribution is -0.131. The van der Waals surface area contributed by atoms with Crippen molar-refractivity contribution >= 4 is 29.4 Å². The molecule has 0 aliphatic rings. The van der Waals surface area contributed by atoms with Gasteiger partial charge in [0.1, 0.15) is 11.8 Å². The fraction of sp³-hybridized carbons (Fsp3) is 0.167. The first-order valence-electron chi connectivity index (χ1n) is 7.49. The van der Waals surface area contributed by atoms with Crippen LogP contribution in [-0.2, 0) is 16.0 Å². The Morgan fingerprint density at radius 3 is 2.32 bits per heavy atom. The Hall–Kier alpha value is -2.86. The first kappa shape index (κ1) is 18.5. The fourth-order valence-corrected chi connectivity index (χ4v) is 2.40. The summed E-state index contributed by atoms with van der Waals surface area (Å²) in [5, 5.41) is 3.08. The number of carbonyl (C=O) groups is 3. The van der Waals surface area contributed by atoms with Crippen molar-refractivity contribution in [1.82, 2.24) is 5.32 Å². The van der Waals surface area contributed by atoms with E-state index in [4.69, 9.17) is 22.1 Å². The molecule has 7 heteroatoms. The van der Waals surface area contributed by atoms with Gasteiger partial charge in [-0.25, -0.2) is 0 Å². The zero-order valence-electron chi connectivity index (χ0n) is 13.5. The number of esters is 1. The molecule has 0 aromatic heterocycles. The summed E-state index contributed by atoms with van der Waals surface area (Å²) in [6, 6.07) is 12.1. The summed E-state index contributed by atoms with van der Waals surface area (Å²) in [5.74, 6) is -1.26. The van der Waals surface area contributed by atoms with Crippen molar-refractivity contribution in [2.24, 2.45) is 5.73 Å². The van der Waals surface area contributed by atoms with Gasteiger partial charge in [0.05, 0.1) is 0 Å². The maximum absolute atomic E-state index is 12.3. The Balaban J connectivity index is 2.08.